The Bertz CT molecular complexity index is 1090. The number of fused-ring (bicyclic) bond motifs is 1. The maximum absolute atomic E-state index is 12.8. The standard InChI is InChI=1S/C26H27ClN2O3/c1-31-24-14-19-12-13-29(17-18-8-4-3-5-9-18)23(21(19)15-25(24)32-2)16-28-26(30)20-10-6-7-11-22(20)27/h3-11,14-15,23H,12-13,16-17H2,1-2H3,(H,28,30)/t23-/m1/s1. The summed E-state index contributed by atoms with van der Waals surface area (Å²) < 4.78 is 11.1. The molecule has 3 aromatic rings. The van der Waals surface area contributed by atoms with E-state index in [0.29, 0.717) is 22.9 Å². The second-order valence-corrected chi connectivity index (χ2v) is 8.22. The fourth-order valence-corrected chi connectivity index (χ4v) is 4.48. The van der Waals surface area contributed by atoms with E-state index < -0.39 is 0 Å². The number of methoxy groups -OCH3 is 2. The van der Waals surface area contributed by atoms with E-state index in [-0.39, 0.29) is 11.9 Å². The highest BCUT2D eigenvalue weighted by Gasteiger charge is 2.29. The van der Waals surface area contributed by atoms with E-state index in [2.05, 4.69) is 40.5 Å². The maximum Gasteiger partial charge on any atom is 0.252 e. The van der Waals surface area contributed by atoms with Crippen LogP contribution < -0.4 is 14.8 Å². The molecule has 1 aliphatic rings. The first-order chi connectivity index (χ1) is 15.6. The molecule has 1 atom stereocenters. The summed E-state index contributed by atoms with van der Waals surface area (Å²) in [6, 6.07) is 21.6. The summed E-state index contributed by atoms with van der Waals surface area (Å²) in [4.78, 5) is 15.2. The number of hydrogen-bond donors (Lipinski definition) is 1. The minimum absolute atomic E-state index is 0.00907. The van der Waals surface area contributed by atoms with Crippen molar-refractivity contribution in [3.05, 3.63) is 94.0 Å². The first-order valence-corrected chi connectivity index (χ1v) is 11.0. The molecular formula is C26H27ClN2O3. The Hall–Kier alpha value is -3.02. The van der Waals surface area contributed by atoms with Crippen LogP contribution in [-0.4, -0.2) is 38.1 Å². The molecule has 1 amide bonds. The molecule has 0 spiro atoms. The van der Waals surface area contributed by atoms with Crippen molar-refractivity contribution in [2.75, 3.05) is 27.3 Å². The Balaban J connectivity index is 1.63. The van der Waals surface area contributed by atoms with E-state index >= 15 is 0 Å². The van der Waals surface area contributed by atoms with Crippen LogP contribution in [-0.2, 0) is 13.0 Å². The Morgan fingerprint density at radius 1 is 1.03 bits per heavy atom. The van der Waals surface area contributed by atoms with Crippen LogP contribution in [0.4, 0.5) is 0 Å². The number of carbonyl (C=O) groups is 1. The molecule has 0 unspecified atom stereocenters. The van der Waals surface area contributed by atoms with Crippen molar-refractivity contribution < 1.29 is 14.3 Å². The molecule has 1 N–H and O–H groups in total. The van der Waals surface area contributed by atoms with Crippen molar-refractivity contribution in [2.24, 2.45) is 0 Å². The molecule has 32 heavy (non-hydrogen) atoms. The van der Waals surface area contributed by atoms with Gasteiger partial charge in [-0.3, -0.25) is 9.69 Å². The first-order valence-electron chi connectivity index (χ1n) is 10.7. The van der Waals surface area contributed by atoms with Gasteiger partial charge in [-0.2, -0.15) is 0 Å². The predicted octanol–water partition coefficient (Wildman–Crippen LogP) is 4.89. The molecule has 0 fully saturated rings. The number of ether oxygens (including phenoxy) is 2. The molecule has 0 bridgehead atoms. The van der Waals surface area contributed by atoms with Crippen molar-refractivity contribution in [1.82, 2.24) is 10.2 Å². The Morgan fingerprint density at radius 2 is 1.72 bits per heavy atom. The Kier molecular flexibility index (Phi) is 6.98. The maximum atomic E-state index is 12.8. The number of rotatable bonds is 7. The lowest BCUT2D eigenvalue weighted by molar-refractivity contribution is 0.0926. The molecule has 0 aromatic heterocycles. The first kappa shape index (κ1) is 22.2. The summed E-state index contributed by atoms with van der Waals surface area (Å²) in [6.07, 6.45) is 0.900. The largest absolute Gasteiger partial charge is 0.493 e. The van der Waals surface area contributed by atoms with Gasteiger partial charge < -0.3 is 14.8 Å². The SMILES string of the molecule is COc1cc2c(cc1OC)[C@@H](CNC(=O)c1ccccc1Cl)N(Cc1ccccc1)CC2. The fraction of sp³-hybridized carbons (Fsp3) is 0.269. The lowest BCUT2D eigenvalue weighted by Gasteiger charge is -2.38. The lowest BCUT2D eigenvalue weighted by atomic mass is 9.91. The molecule has 3 aromatic carbocycles. The Morgan fingerprint density at radius 3 is 2.44 bits per heavy atom. The molecule has 1 aliphatic heterocycles. The third-order valence-electron chi connectivity index (χ3n) is 5.92. The zero-order valence-corrected chi connectivity index (χ0v) is 19.1. The van der Waals surface area contributed by atoms with Gasteiger partial charge in [-0.05, 0) is 47.4 Å². The summed E-state index contributed by atoms with van der Waals surface area (Å²) in [5, 5.41) is 3.54. The number of carbonyl (C=O) groups excluding carboxylic acids is 1. The van der Waals surface area contributed by atoms with Crippen molar-refractivity contribution >= 4 is 17.5 Å². The van der Waals surface area contributed by atoms with Crippen LogP contribution in [0.15, 0.2) is 66.7 Å². The van der Waals surface area contributed by atoms with Crippen LogP contribution in [0, 0.1) is 0 Å². The number of nitrogens with one attached hydrogen (secondary N) is 1. The molecule has 166 valence electrons. The zero-order valence-electron chi connectivity index (χ0n) is 18.3. The van der Waals surface area contributed by atoms with Crippen molar-refractivity contribution in [1.29, 1.82) is 0 Å². The monoisotopic (exact) mass is 450 g/mol. The molecule has 0 aliphatic carbocycles. The van der Waals surface area contributed by atoms with Crippen LogP contribution >= 0.6 is 11.6 Å². The smallest absolute Gasteiger partial charge is 0.252 e. The van der Waals surface area contributed by atoms with Gasteiger partial charge in [-0.25, -0.2) is 0 Å². The van der Waals surface area contributed by atoms with Crippen LogP contribution in [0.3, 0.4) is 0 Å². The summed E-state index contributed by atoms with van der Waals surface area (Å²) in [5.41, 5.74) is 4.07. The summed E-state index contributed by atoms with van der Waals surface area (Å²) >= 11 is 6.23. The van der Waals surface area contributed by atoms with Gasteiger partial charge in [0.2, 0.25) is 0 Å². The van der Waals surface area contributed by atoms with Crippen LogP contribution in [0.2, 0.25) is 5.02 Å². The zero-order chi connectivity index (χ0) is 22.5. The molecule has 0 saturated heterocycles. The lowest BCUT2D eigenvalue weighted by Crippen LogP contribution is -2.41. The second kappa shape index (κ2) is 10.1. The number of benzene rings is 3. The third kappa shape index (κ3) is 4.74. The number of nitrogens with zero attached hydrogens (tertiary/aromatic N) is 1. The van der Waals surface area contributed by atoms with Gasteiger partial charge in [-0.15, -0.1) is 0 Å². The van der Waals surface area contributed by atoms with E-state index in [9.17, 15) is 4.79 Å². The Labute approximate surface area is 193 Å². The molecule has 5 nitrogen and oxygen atoms in total. The molecule has 0 radical (unpaired) electrons. The molecule has 4 rings (SSSR count). The van der Waals surface area contributed by atoms with Crippen molar-refractivity contribution in [3.8, 4) is 11.5 Å². The second-order valence-electron chi connectivity index (χ2n) is 7.82. The molecule has 1 heterocycles. The quantitative estimate of drug-likeness (QED) is 0.557. The van der Waals surface area contributed by atoms with Gasteiger partial charge in [0.05, 0.1) is 30.8 Å². The van der Waals surface area contributed by atoms with E-state index in [1.165, 1.54) is 11.1 Å². The highest BCUT2D eigenvalue weighted by atomic mass is 35.5. The van der Waals surface area contributed by atoms with Crippen LogP contribution in [0.1, 0.15) is 33.1 Å². The summed E-state index contributed by atoms with van der Waals surface area (Å²) in [7, 11) is 3.29. The molecule has 6 heteroatoms. The van der Waals surface area contributed by atoms with Gasteiger partial charge in [0.1, 0.15) is 0 Å². The minimum atomic E-state index is -0.178. The van der Waals surface area contributed by atoms with Gasteiger partial charge in [-0.1, -0.05) is 54.1 Å². The minimum Gasteiger partial charge on any atom is -0.493 e. The average molecular weight is 451 g/mol. The third-order valence-corrected chi connectivity index (χ3v) is 6.25. The topological polar surface area (TPSA) is 50.8 Å². The van der Waals surface area contributed by atoms with Gasteiger partial charge in [0, 0.05) is 19.6 Å². The van der Waals surface area contributed by atoms with E-state index in [0.717, 1.165) is 30.8 Å². The highest BCUT2D eigenvalue weighted by Crippen LogP contribution is 2.38. The van der Waals surface area contributed by atoms with Gasteiger partial charge in [0.15, 0.2) is 11.5 Å². The van der Waals surface area contributed by atoms with Crippen molar-refractivity contribution in [2.45, 2.75) is 19.0 Å². The number of hydrogen-bond acceptors (Lipinski definition) is 4. The molecule has 0 saturated carbocycles. The normalized spacial score (nSPS) is 15.7. The summed E-state index contributed by atoms with van der Waals surface area (Å²) in [5.74, 6) is 1.24. The van der Waals surface area contributed by atoms with E-state index in [1.807, 2.05) is 24.3 Å². The summed E-state index contributed by atoms with van der Waals surface area (Å²) in [6.45, 7) is 2.13. The van der Waals surface area contributed by atoms with Crippen LogP contribution in [0.25, 0.3) is 0 Å². The van der Waals surface area contributed by atoms with E-state index in [4.69, 9.17) is 21.1 Å². The van der Waals surface area contributed by atoms with Gasteiger partial charge in [0.25, 0.3) is 5.91 Å². The molecular weight excluding hydrogens is 424 g/mol. The van der Waals surface area contributed by atoms with Crippen LogP contribution in [0.5, 0.6) is 11.5 Å². The fourth-order valence-electron chi connectivity index (χ4n) is 4.26. The van der Waals surface area contributed by atoms with Gasteiger partial charge >= 0.3 is 0 Å². The number of amides is 1. The van der Waals surface area contributed by atoms with E-state index in [1.54, 1.807) is 26.4 Å². The van der Waals surface area contributed by atoms with Crippen molar-refractivity contribution in [3.63, 3.8) is 0 Å². The highest BCUT2D eigenvalue weighted by molar-refractivity contribution is 6.33. The number of halogens is 1. The predicted molar refractivity (Wildman–Crippen MR) is 127 cm³/mol. The average Bonchev–Trinajstić information content (AvgIpc) is 2.83.